The molecule has 4 heteroatoms. The molecule has 0 fully saturated rings. The summed E-state index contributed by atoms with van der Waals surface area (Å²) in [5.74, 6) is -0.353. The summed E-state index contributed by atoms with van der Waals surface area (Å²) in [5, 5.41) is 9.58. The molecule has 0 aliphatic heterocycles. The van der Waals surface area contributed by atoms with Gasteiger partial charge in [-0.3, -0.25) is 0 Å². The van der Waals surface area contributed by atoms with E-state index in [9.17, 15) is 4.39 Å². The van der Waals surface area contributed by atoms with Gasteiger partial charge in [0.2, 0.25) is 0 Å². The number of hydrogen-bond donors (Lipinski definition) is 0. The molecule has 2 aromatic rings. The van der Waals surface area contributed by atoms with Gasteiger partial charge in [0, 0.05) is 16.2 Å². The molecule has 88 valence electrons. The maximum Gasteiger partial charge on any atom is 0.135 e. The molecule has 0 unspecified atom stereocenters. The third-order valence-corrected chi connectivity index (χ3v) is 3.35. The van der Waals surface area contributed by atoms with Crippen molar-refractivity contribution in [3.05, 3.63) is 33.7 Å². The van der Waals surface area contributed by atoms with Gasteiger partial charge in [0.25, 0.3) is 0 Å². The summed E-state index contributed by atoms with van der Waals surface area (Å²) in [6.45, 7) is 5.89. The molecule has 1 heterocycles. The summed E-state index contributed by atoms with van der Waals surface area (Å²) in [6, 6.07) is 5.54. The van der Waals surface area contributed by atoms with E-state index >= 15 is 0 Å². The van der Waals surface area contributed by atoms with Gasteiger partial charge < -0.3 is 4.57 Å². The lowest BCUT2D eigenvalue weighted by molar-refractivity contribution is 0.606. The van der Waals surface area contributed by atoms with Crippen LogP contribution in [0.4, 0.5) is 4.39 Å². The van der Waals surface area contributed by atoms with E-state index in [1.54, 1.807) is 0 Å². The van der Waals surface area contributed by atoms with Gasteiger partial charge in [-0.05, 0) is 32.9 Å². The molecule has 0 aliphatic rings. The smallest absolute Gasteiger partial charge is 0.135 e. The number of halogens is 2. The first kappa shape index (κ1) is 12.1. The zero-order valence-electron chi connectivity index (χ0n) is 9.88. The minimum atomic E-state index is -0.353. The number of nitriles is 1. The van der Waals surface area contributed by atoms with E-state index in [2.05, 4.69) is 22.0 Å². The maximum absolute atomic E-state index is 14.0. The zero-order chi connectivity index (χ0) is 12.7. The quantitative estimate of drug-likeness (QED) is 0.771. The second-order valence-corrected chi connectivity index (χ2v) is 5.23. The number of rotatable bonds is 1. The molecule has 0 radical (unpaired) electrons. The van der Waals surface area contributed by atoms with Crippen LogP contribution in [-0.2, 0) is 0 Å². The Morgan fingerprint density at radius 1 is 1.41 bits per heavy atom. The Hall–Kier alpha value is -1.34. The number of hydrogen-bond acceptors (Lipinski definition) is 1. The van der Waals surface area contributed by atoms with E-state index in [1.807, 2.05) is 31.4 Å². The van der Waals surface area contributed by atoms with Gasteiger partial charge in [-0.25, -0.2) is 4.39 Å². The van der Waals surface area contributed by atoms with E-state index in [-0.39, 0.29) is 11.9 Å². The Balaban J connectivity index is 3.02. The lowest BCUT2D eigenvalue weighted by atomic mass is 10.1. The highest BCUT2D eigenvalue weighted by Gasteiger charge is 2.19. The van der Waals surface area contributed by atoms with Crippen LogP contribution in [0.25, 0.3) is 10.9 Å². The van der Waals surface area contributed by atoms with Crippen LogP contribution in [0.3, 0.4) is 0 Å². The largest absolute Gasteiger partial charge is 0.341 e. The zero-order valence-corrected chi connectivity index (χ0v) is 11.5. The van der Waals surface area contributed by atoms with Crippen LogP contribution in [0, 0.1) is 24.1 Å². The van der Waals surface area contributed by atoms with Crippen molar-refractivity contribution < 1.29 is 4.39 Å². The number of nitrogens with zero attached hydrogens (tertiary/aromatic N) is 2. The average Bonchev–Trinajstić information content (AvgIpc) is 2.49. The van der Waals surface area contributed by atoms with Gasteiger partial charge in [0.1, 0.15) is 11.9 Å². The van der Waals surface area contributed by atoms with Crippen molar-refractivity contribution in [1.29, 1.82) is 5.26 Å². The molecule has 1 aromatic heterocycles. The predicted molar refractivity (Wildman–Crippen MR) is 69.4 cm³/mol. The third kappa shape index (κ3) is 1.75. The van der Waals surface area contributed by atoms with Gasteiger partial charge in [0.15, 0.2) is 0 Å². The fourth-order valence-electron chi connectivity index (χ4n) is 2.28. The Labute approximate surface area is 108 Å². The number of fused-ring (bicyclic) bond motifs is 1. The molecule has 0 spiro atoms. The van der Waals surface area contributed by atoms with Gasteiger partial charge >= 0.3 is 0 Å². The maximum atomic E-state index is 14.0. The summed E-state index contributed by atoms with van der Waals surface area (Å²) in [6.07, 6.45) is 0. The Kier molecular flexibility index (Phi) is 2.96. The van der Waals surface area contributed by atoms with Crippen molar-refractivity contribution in [2.24, 2.45) is 0 Å². The van der Waals surface area contributed by atoms with Crippen LogP contribution in [0.5, 0.6) is 0 Å². The van der Waals surface area contributed by atoms with Crippen LogP contribution in [-0.4, -0.2) is 4.57 Å². The number of benzene rings is 1. The Morgan fingerprint density at radius 2 is 2.06 bits per heavy atom. The van der Waals surface area contributed by atoms with Crippen molar-refractivity contribution >= 4 is 26.8 Å². The highest BCUT2D eigenvalue weighted by atomic mass is 79.9. The first-order chi connectivity index (χ1) is 7.97. The van der Waals surface area contributed by atoms with Gasteiger partial charge in [0.05, 0.1) is 16.5 Å². The summed E-state index contributed by atoms with van der Waals surface area (Å²) < 4.78 is 16.6. The molecule has 1 aromatic carbocycles. The highest BCUT2D eigenvalue weighted by molar-refractivity contribution is 9.10. The molecule has 0 aliphatic carbocycles. The minimum absolute atomic E-state index is 0.188. The van der Waals surface area contributed by atoms with Crippen LogP contribution < -0.4 is 0 Å². The first-order valence-electron chi connectivity index (χ1n) is 5.37. The fraction of sp³-hybridized carbons (Fsp3) is 0.308. The predicted octanol–water partition coefficient (Wildman–Crippen LogP) is 4.30. The monoisotopic (exact) mass is 294 g/mol. The summed E-state index contributed by atoms with van der Waals surface area (Å²) in [5.41, 5.74) is 2.01. The molecule has 0 saturated heterocycles. The molecule has 17 heavy (non-hydrogen) atoms. The van der Waals surface area contributed by atoms with Gasteiger partial charge in [-0.2, -0.15) is 5.26 Å². The second-order valence-electron chi connectivity index (χ2n) is 4.32. The molecule has 0 N–H and O–H groups in total. The lowest BCUT2D eigenvalue weighted by Crippen LogP contribution is -2.02. The van der Waals surface area contributed by atoms with Crippen LogP contribution in [0.2, 0.25) is 0 Å². The van der Waals surface area contributed by atoms with Crippen LogP contribution in [0.15, 0.2) is 16.6 Å². The molecule has 2 nitrogen and oxygen atoms in total. The number of aromatic nitrogens is 1. The molecular weight excluding hydrogens is 283 g/mol. The first-order valence-corrected chi connectivity index (χ1v) is 6.16. The van der Waals surface area contributed by atoms with E-state index in [1.165, 1.54) is 6.07 Å². The normalized spacial score (nSPS) is 11.1. The SMILES string of the molecule is Cc1c(C#N)c2c(F)cc(Br)cc2n1C(C)C. The fourth-order valence-corrected chi connectivity index (χ4v) is 2.70. The molecule has 2 rings (SSSR count). The summed E-state index contributed by atoms with van der Waals surface area (Å²) in [7, 11) is 0. The molecule has 0 bridgehead atoms. The van der Waals surface area contributed by atoms with E-state index in [0.717, 1.165) is 11.2 Å². The standard InChI is InChI=1S/C13H12BrFN2/c1-7(2)17-8(3)10(6-16)13-11(15)4-9(14)5-12(13)17/h4-5,7H,1-3H3. The third-order valence-electron chi connectivity index (χ3n) is 2.90. The highest BCUT2D eigenvalue weighted by Crippen LogP contribution is 2.32. The van der Waals surface area contributed by atoms with Crippen molar-refractivity contribution in [2.45, 2.75) is 26.8 Å². The Bertz CT molecular complexity index is 635. The summed E-state index contributed by atoms with van der Waals surface area (Å²) >= 11 is 3.29. The van der Waals surface area contributed by atoms with E-state index in [4.69, 9.17) is 5.26 Å². The van der Waals surface area contributed by atoms with Gasteiger partial charge in [-0.1, -0.05) is 15.9 Å². The molecule has 0 saturated carbocycles. The second kappa shape index (κ2) is 4.15. The van der Waals surface area contributed by atoms with Crippen LogP contribution in [0.1, 0.15) is 31.1 Å². The van der Waals surface area contributed by atoms with E-state index in [0.29, 0.717) is 15.4 Å². The van der Waals surface area contributed by atoms with Gasteiger partial charge in [-0.15, -0.1) is 0 Å². The molecular formula is C13H12BrFN2. The summed E-state index contributed by atoms with van der Waals surface area (Å²) in [4.78, 5) is 0. The molecule has 0 amide bonds. The van der Waals surface area contributed by atoms with E-state index < -0.39 is 0 Å². The minimum Gasteiger partial charge on any atom is -0.341 e. The molecule has 0 atom stereocenters. The lowest BCUT2D eigenvalue weighted by Gasteiger charge is -2.12. The average molecular weight is 295 g/mol. The van der Waals surface area contributed by atoms with Crippen molar-refractivity contribution in [3.63, 3.8) is 0 Å². The van der Waals surface area contributed by atoms with Crippen molar-refractivity contribution in [2.75, 3.05) is 0 Å². The Morgan fingerprint density at radius 3 is 2.59 bits per heavy atom. The van der Waals surface area contributed by atoms with Crippen LogP contribution >= 0.6 is 15.9 Å². The van der Waals surface area contributed by atoms with Crippen molar-refractivity contribution in [3.8, 4) is 6.07 Å². The topological polar surface area (TPSA) is 28.7 Å². The van der Waals surface area contributed by atoms with Crippen molar-refractivity contribution in [1.82, 2.24) is 4.57 Å².